The summed E-state index contributed by atoms with van der Waals surface area (Å²) in [5.74, 6) is 6.49. The Hall–Kier alpha value is -0.130. The van der Waals surface area contributed by atoms with Crippen LogP contribution >= 0.6 is 22.6 Å². The van der Waals surface area contributed by atoms with Crippen LogP contribution in [0.4, 0.5) is 0 Å². The highest BCUT2D eigenvalue weighted by Gasteiger charge is 2.15. The fraction of sp³-hybridized carbons (Fsp3) is 0.600. The summed E-state index contributed by atoms with van der Waals surface area (Å²) >= 11 is 2.33. The van der Waals surface area contributed by atoms with E-state index >= 15 is 0 Å². The predicted octanol–water partition coefficient (Wildman–Crippen LogP) is 4.40. The van der Waals surface area contributed by atoms with Crippen LogP contribution in [-0.2, 0) is 0 Å². The minimum atomic E-state index is 0.281. The Morgan fingerprint density at radius 1 is 1.22 bits per heavy atom. The summed E-state index contributed by atoms with van der Waals surface area (Å²) in [5, 5.41) is 0. The fourth-order valence-corrected chi connectivity index (χ4v) is 2.67. The van der Waals surface area contributed by atoms with Gasteiger partial charge in [0.15, 0.2) is 0 Å². The Labute approximate surface area is 125 Å². The van der Waals surface area contributed by atoms with E-state index in [9.17, 15) is 0 Å². The molecular formula is C15H25IN2. The SMILES string of the molecule is CCCCC(CC)CC(NN)c1ccc(I)cc1. The molecule has 0 fully saturated rings. The van der Waals surface area contributed by atoms with E-state index in [0.29, 0.717) is 0 Å². The van der Waals surface area contributed by atoms with Crippen molar-refractivity contribution in [1.82, 2.24) is 5.43 Å². The molecule has 1 aromatic carbocycles. The average molecular weight is 360 g/mol. The normalized spacial score (nSPS) is 14.4. The molecule has 0 radical (unpaired) electrons. The van der Waals surface area contributed by atoms with Crippen LogP contribution in [0.25, 0.3) is 0 Å². The minimum absolute atomic E-state index is 0.281. The van der Waals surface area contributed by atoms with Gasteiger partial charge in [-0.3, -0.25) is 11.3 Å². The molecule has 2 nitrogen and oxygen atoms in total. The van der Waals surface area contributed by atoms with E-state index in [2.05, 4.69) is 66.1 Å². The third-order valence-corrected chi connectivity index (χ3v) is 4.31. The standard InChI is InChI=1S/C15H25IN2/c1-3-5-6-12(4-2)11-15(18-17)13-7-9-14(16)10-8-13/h7-10,12,15,18H,3-6,11,17H2,1-2H3. The molecule has 2 unspecified atom stereocenters. The molecule has 18 heavy (non-hydrogen) atoms. The van der Waals surface area contributed by atoms with Gasteiger partial charge >= 0.3 is 0 Å². The first-order chi connectivity index (χ1) is 8.71. The second-order valence-electron chi connectivity index (χ2n) is 4.92. The van der Waals surface area contributed by atoms with Crippen molar-refractivity contribution in [2.45, 2.75) is 52.0 Å². The van der Waals surface area contributed by atoms with E-state index in [1.165, 1.54) is 34.8 Å². The number of hydrazine groups is 1. The van der Waals surface area contributed by atoms with Gasteiger partial charge in [-0.1, -0.05) is 51.7 Å². The maximum atomic E-state index is 5.72. The molecule has 0 aliphatic carbocycles. The number of unbranched alkanes of at least 4 members (excludes halogenated alkanes) is 1. The van der Waals surface area contributed by atoms with E-state index in [1.807, 2.05) is 0 Å². The molecule has 0 bridgehead atoms. The lowest BCUT2D eigenvalue weighted by molar-refractivity contribution is 0.356. The van der Waals surface area contributed by atoms with E-state index in [-0.39, 0.29) is 6.04 Å². The van der Waals surface area contributed by atoms with Gasteiger partial charge < -0.3 is 0 Å². The summed E-state index contributed by atoms with van der Waals surface area (Å²) < 4.78 is 1.27. The molecule has 0 aliphatic rings. The summed E-state index contributed by atoms with van der Waals surface area (Å²) in [6.45, 7) is 4.53. The molecular weight excluding hydrogens is 335 g/mol. The third-order valence-electron chi connectivity index (χ3n) is 3.59. The number of rotatable bonds is 8. The Morgan fingerprint density at radius 2 is 1.89 bits per heavy atom. The van der Waals surface area contributed by atoms with Crippen LogP contribution in [0.3, 0.4) is 0 Å². The summed E-state index contributed by atoms with van der Waals surface area (Å²) in [5.41, 5.74) is 4.28. The summed E-state index contributed by atoms with van der Waals surface area (Å²) in [4.78, 5) is 0. The maximum absolute atomic E-state index is 5.72. The second kappa shape index (κ2) is 8.88. The lowest BCUT2D eigenvalue weighted by atomic mass is 9.89. The van der Waals surface area contributed by atoms with Crippen LogP contribution in [0.5, 0.6) is 0 Å². The fourth-order valence-electron chi connectivity index (χ4n) is 2.31. The number of hydrogen-bond acceptors (Lipinski definition) is 2. The van der Waals surface area contributed by atoms with Crippen molar-refractivity contribution in [3.8, 4) is 0 Å². The molecule has 0 aliphatic heterocycles. The molecule has 0 heterocycles. The highest BCUT2D eigenvalue weighted by Crippen LogP contribution is 2.26. The number of benzene rings is 1. The second-order valence-corrected chi connectivity index (χ2v) is 6.17. The van der Waals surface area contributed by atoms with Crippen molar-refractivity contribution in [2.75, 3.05) is 0 Å². The van der Waals surface area contributed by atoms with Crippen molar-refractivity contribution < 1.29 is 0 Å². The van der Waals surface area contributed by atoms with Gasteiger partial charge in [0, 0.05) is 9.61 Å². The highest BCUT2D eigenvalue weighted by molar-refractivity contribution is 14.1. The van der Waals surface area contributed by atoms with Crippen molar-refractivity contribution in [3.05, 3.63) is 33.4 Å². The molecule has 1 aromatic rings. The number of halogens is 1. The summed E-state index contributed by atoms with van der Waals surface area (Å²) in [6.07, 6.45) is 6.29. The monoisotopic (exact) mass is 360 g/mol. The van der Waals surface area contributed by atoms with Gasteiger partial charge in [0.2, 0.25) is 0 Å². The molecule has 2 atom stereocenters. The van der Waals surface area contributed by atoms with Crippen LogP contribution in [0.1, 0.15) is 57.6 Å². The zero-order chi connectivity index (χ0) is 13.4. The smallest absolute Gasteiger partial charge is 0.0462 e. The topological polar surface area (TPSA) is 38.0 Å². The van der Waals surface area contributed by atoms with Gasteiger partial charge in [0.1, 0.15) is 0 Å². The average Bonchev–Trinajstić information content (AvgIpc) is 2.40. The molecule has 3 N–H and O–H groups in total. The molecule has 0 saturated heterocycles. The van der Waals surface area contributed by atoms with E-state index in [1.54, 1.807) is 0 Å². The van der Waals surface area contributed by atoms with Gasteiger partial charge in [0.25, 0.3) is 0 Å². The summed E-state index contributed by atoms with van der Waals surface area (Å²) in [7, 11) is 0. The zero-order valence-electron chi connectivity index (χ0n) is 11.5. The first kappa shape index (κ1) is 15.9. The molecule has 0 aromatic heterocycles. The third kappa shape index (κ3) is 5.24. The molecule has 1 rings (SSSR count). The van der Waals surface area contributed by atoms with Crippen LogP contribution in [0.15, 0.2) is 24.3 Å². The van der Waals surface area contributed by atoms with Crippen LogP contribution in [-0.4, -0.2) is 0 Å². The number of hydrogen-bond donors (Lipinski definition) is 2. The number of nitrogens with two attached hydrogens (primary N) is 1. The van der Waals surface area contributed by atoms with Gasteiger partial charge in [-0.15, -0.1) is 0 Å². The lowest BCUT2D eigenvalue weighted by Gasteiger charge is -2.22. The minimum Gasteiger partial charge on any atom is -0.271 e. The molecule has 102 valence electrons. The highest BCUT2D eigenvalue weighted by atomic mass is 127. The van der Waals surface area contributed by atoms with Gasteiger partial charge in [-0.05, 0) is 52.6 Å². The van der Waals surface area contributed by atoms with Gasteiger partial charge in [-0.2, -0.15) is 0 Å². The zero-order valence-corrected chi connectivity index (χ0v) is 13.6. The molecule has 3 heteroatoms. The summed E-state index contributed by atoms with van der Waals surface area (Å²) in [6, 6.07) is 8.93. The lowest BCUT2D eigenvalue weighted by Crippen LogP contribution is -2.29. The Morgan fingerprint density at radius 3 is 2.39 bits per heavy atom. The molecule has 0 saturated carbocycles. The van der Waals surface area contributed by atoms with Crippen LogP contribution < -0.4 is 11.3 Å². The van der Waals surface area contributed by atoms with Crippen molar-refractivity contribution in [2.24, 2.45) is 11.8 Å². The van der Waals surface area contributed by atoms with Gasteiger partial charge in [-0.25, -0.2) is 0 Å². The largest absolute Gasteiger partial charge is 0.271 e. The van der Waals surface area contributed by atoms with E-state index in [4.69, 9.17) is 5.84 Å². The molecule has 0 amide bonds. The maximum Gasteiger partial charge on any atom is 0.0462 e. The van der Waals surface area contributed by atoms with Crippen LogP contribution in [0, 0.1) is 9.49 Å². The van der Waals surface area contributed by atoms with Crippen molar-refractivity contribution in [1.29, 1.82) is 0 Å². The first-order valence-corrected chi connectivity index (χ1v) is 8.00. The Balaban J connectivity index is 2.62. The first-order valence-electron chi connectivity index (χ1n) is 6.92. The number of nitrogens with one attached hydrogen (secondary N) is 1. The quantitative estimate of drug-likeness (QED) is 0.410. The Kier molecular flexibility index (Phi) is 7.86. The Bertz CT molecular complexity index is 324. The predicted molar refractivity (Wildman–Crippen MR) is 87.1 cm³/mol. The van der Waals surface area contributed by atoms with Crippen molar-refractivity contribution in [3.63, 3.8) is 0 Å². The van der Waals surface area contributed by atoms with E-state index < -0.39 is 0 Å². The molecule has 0 spiro atoms. The van der Waals surface area contributed by atoms with Crippen LogP contribution in [0.2, 0.25) is 0 Å². The van der Waals surface area contributed by atoms with E-state index in [0.717, 1.165) is 12.3 Å². The van der Waals surface area contributed by atoms with Gasteiger partial charge in [0.05, 0.1) is 0 Å². The van der Waals surface area contributed by atoms with Crippen molar-refractivity contribution >= 4 is 22.6 Å².